The van der Waals surface area contributed by atoms with E-state index >= 15 is 4.39 Å². The van der Waals surface area contributed by atoms with Crippen molar-refractivity contribution in [1.82, 2.24) is 10.3 Å². The summed E-state index contributed by atoms with van der Waals surface area (Å²) in [5.41, 5.74) is -0.604. The van der Waals surface area contributed by atoms with Crippen LogP contribution in [0.4, 0.5) is 29.5 Å². The molecule has 2 N–H and O–H groups in total. The van der Waals surface area contributed by atoms with E-state index in [-0.39, 0.29) is 22.6 Å². The monoisotopic (exact) mass is 621 g/mol. The standard InChI is InChI=1S/C32H30F3N5O5/c1-18-6-4-5-7-24(18)27(28(41)38-22-14-32(34,35)15-22)39(23-12-20(31(2,3)44)11-21(33)13-23)29(42)25-17-45-30(43)40(25)26-10-19(16-36)8-9-37-26/h4-13,22,25,27,44H,14-15,17H2,1-3H3,(H,38,41)/t25-,27?/m0/s1. The number of aryl methyl sites for hydroxylation is 1. The Morgan fingerprint density at radius 2 is 1.91 bits per heavy atom. The molecule has 2 heterocycles. The van der Waals surface area contributed by atoms with Crippen LogP contribution >= 0.6 is 0 Å². The number of anilines is 2. The molecule has 2 atom stereocenters. The Labute approximate surface area is 257 Å². The fourth-order valence-corrected chi connectivity index (χ4v) is 5.44. The van der Waals surface area contributed by atoms with Gasteiger partial charge < -0.3 is 15.2 Å². The number of hydrogen-bond donors (Lipinski definition) is 2. The fourth-order valence-electron chi connectivity index (χ4n) is 5.44. The number of aromatic nitrogens is 1. The van der Waals surface area contributed by atoms with Crippen LogP contribution in [0.25, 0.3) is 0 Å². The van der Waals surface area contributed by atoms with E-state index in [0.717, 1.165) is 21.9 Å². The van der Waals surface area contributed by atoms with Crippen molar-refractivity contribution in [3.63, 3.8) is 0 Å². The zero-order valence-electron chi connectivity index (χ0n) is 24.6. The molecule has 5 rings (SSSR count). The molecule has 1 unspecified atom stereocenters. The number of benzene rings is 2. The predicted molar refractivity (Wildman–Crippen MR) is 156 cm³/mol. The van der Waals surface area contributed by atoms with Crippen LogP contribution in [0.1, 0.15) is 55.0 Å². The van der Waals surface area contributed by atoms with E-state index < -0.39 is 72.8 Å². The third kappa shape index (κ3) is 6.46. The van der Waals surface area contributed by atoms with Gasteiger partial charge in [-0.15, -0.1) is 0 Å². The lowest BCUT2D eigenvalue weighted by molar-refractivity contribution is -0.133. The molecule has 2 aromatic carbocycles. The molecule has 0 spiro atoms. The number of pyridine rings is 1. The Morgan fingerprint density at radius 3 is 2.56 bits per heavy atom. The van der Waals surface area contributed by atoms with Crippen LogP contribution in [0.2, 0.25) is 0 Å². The summed E-state index contributed by atoms with van der Waals surface area (Å²) >= 11 is 0. The van der Waals surface area contributed by atoms with Crippen molar-refractivity contribution >= 4 is 29.4 Å². The third-order valence-electron chi connectivity index (χ3n) is 7.81. The summed E-state index contributed by atoms with van der Waals surface area (Å²) in [4.78, 5) is 47.7. The number of carbonyl (C=O) groups excluding carboxylic acids is 3. The van der Waals surface area contributed by atoms with Gasteiger partial charge in [0.2, 0.25) is 5.91 Å². The van der Waals surface area contributed by atoms with E-state index in [4.69, 9.17) is 4.74 Å². The average molecular weight is 622 g/mol. The van der Waals surface area contributed by atoms with Gasteiger partial charge in [-0.05, 0) is 67.8 Å². The molecule has 234 valence electrons. The number of halogens is 3. The van der Waals surface area contributed by atoms with Gasteiger partial charge in [0, 0.05) is 30.8 Å². The van der Waals surface area contributed by atoms with Crippen LogP contribution < -0.4 is 15.1 Å². The topological polar surface area (TPSA) is 136 Å². The number of aliphatic hydroxyl groups is 1. The van der Waals surface area contributed by atoms with E-state index in [1.165, 1.54) is 38.2 Å². The Balaban J connectivity index is 1.68. The SMILES string of the molecule is Cc1ccccc1C(C(=O)NC1CC(F)(F)C1)N(C(=O)[C@@H]1COC(=O)N1c1cc(C#N)ccn1)c1cc(F)cc(C(C)(C)O)c1. The molecule has 10 nitrogen and oxygen atoms in total. The van der Waals surface area contributed by atoms with E-state index in [0.29, 0.717) is 11.1 Å². The number of alkyl halides is 2. The molecule has 13 heteroatoms. The molecule has 1 saturated heterocycles. The van der Waals surface area contributed by atoms with Crippen LogP contribution in [-0.4, -0.2) is 52.6 Å². The summed E-state index contributed by atoms with van der Waals surface area (Å²) < 4.78 is 47.8. The number of nitrogens with one attached hydrogen (secondary N) is 1. The molecule has 2 fully saturated rings. The first kappa shape index (κ1) is 31.5. The predicted octanol–water partition coefficient (Wildman–Crippen LogP) is 4.64. The second kappa shape index (κ2) is 11.9. The van der Waals surface area contributed by atoms with E-state index in [2.05, 4.69) is 10.3 Å². The molecule has 1 aliphatic carbocycles. The smallest absolute Gasteiger partial charge is 0.416 e. The van der Waals surface area contributed by atoms with Crippen molar-refractivity contribution in [1.29, 1.82) is 5.26 Å². The normalized spacial score (nSPS) is 18.4. The van der Waals surface area contributed by atoms with Gasteiger partial charge in [-0.2, -0.15) is 5.26 Å². The summed E-state index contributed by atoms with van der Waals surface area (Å²) in [5, 5.41) is 22.7. The molecule has 0 bridgehead atoms. The number of carbonyl (C=O) groups is 3. The highest BCUT2D eigenvalue weighted by Gasteiger charge is 2.49. The first-order chi connectivity index (χ1) is 21.2. The lowest BCUT2D eigenvalue weighted by atomic mass is 9.87. The Kier molecular flexibility index (Phi) is 8.29. The van der Waals surface area contributed by atoms with Crippen molar-refractivity contribution in [2.24, 2.45) is 0 Å². The minimum Gasteiger partial charge on any atom is -0.446 e. The highest BCUT2D eigenvalue weighted by molar-refractivity contribution is 6.09. The molecular formula is C32H30F3N5O5. The zero-order valence-corrected chi connectivity index (χ0v) is 24.6. The molecule has 1 aromatic heterocycles. The number of nitrogens with zero attached hydrogens (tertiary/aromatic N) is 4. The first-order valence-electron chi connectivity index (χ1n) is 14.1. The molecule has 45 heavy (non-hydrogen) atoms. The van der Waals surface area contributed by atoms with Gasteiger partial charge in [-0.3, -0.25) is 14.5 Å². The Hall–Kier alpha value is -4.96. The maximum absolute atomic E-state index is 15.2. The van der Waals surface area contributed by atoms with Gasteiger partial charge in [0.1, 0.15) is 24.3 Å². The van der Waals surface area contributed by atoms with E-state index in [9.17, 15) is 33.5 Å². The number of nitriles is 1. The summed E-state index contributed by atoms with van der Waals surface area (Å²) in [5.74, 6) is -5.54. The lowest BCUT2D eigenvalue weighted by Crippen LogP contribution is -2.56. The minimum absolute atomic E-state index is 0.0696. The highest BCUT2D eigenvalue weighted by Crippen LogP contribution is 2.39. The van der Waals surface area contributed by atoms with Gasteiger partial charge in [-0.1, -0.05) is 24.3 Å². The molecule has 1 aliphatic heterocycles. The summed E-state index contributed by atoms with van der Waals surface area (Å²) in [6.45, 7) is 4.05. The fraction of sp³-hybridized carbons (Fsp3) is 0.344. The largest absolute Gasteiger partial charge is 0.446 e. The number of rotatable bonds is 8. The molecule has 3 aromatic rings. The van der Waals surface area contributed by atoms with Crippen LogP contribution in [0, 0.1) is 24.1 Å². The summed E-state index contributed by atoms with van der Waals surface area (Å²) in [7, 11) is 0. The first-order valence-corrected chi connectivity index (χ1v) is 14.1. The summed E-state index contributed by atoms with van der Waals surface area (Å²) in [6, 6.07) is 10.8. The van der Waals surface area contributed by atoms with E-state index in [1.54, 1.807) is 31.2 Å². The number of hydrogen-bond acceptors (Lipinski definition) is 7. The van der Waals surface area contributed by atoms with Gasteiger partial charge in [0.25, 0.3) is 11.8 Å². The van der Waals surface area contributed by atoms with Crippen molar-refractivity contribution in [2.75, 3.05) is 16.4 Å². The van der Waals surface area contributed by atoms with Gasteiger partial charge in [0.15, 0.2) is 6.04 Å². The Bertz CT molecular complexity index is 1690. The molecule has 3 amide bonds. The molecule has 2 aliphatic rings. The van der Waals surface area contributed by atoms with Crippen molar-refractivity contribution < 1.29 is 37.4 Å². The maximum Gasteiger partial charge on any atom is 0.416 e. The van der Waals surface area contributed by atoms with Crippen LogP contribution in [-0.2, 0) is 19.9 Å². The van der Waals surface area contributed by atoms with Crippen molar-refractivity contribution in [3.8, 4) is 6.07 Å². The second-order valence-corrected chi connectivity index (χ2v) is 11.7. The second-order valence-electron chi connectivity index (χ2n) is 11.7. The van der Waals surface area contributed by atoms with Crippen LogP contribution in [0.3, 0.4) is 0 Å². The quantitative estimate of drug-likeness (QED) is 0.374. The Morgan fingerprint density at radius 1 is 1.20 bits per heavy atom. The lowest BCUT2D eigenvalue weighted by Gasteiger charge is -2.39. The maximum atomic E-state index is 15.2. The molecule has 1 saturated carbocycles. The molecular weight excluding hydrogens is 591 g/mol. The number of amides is 3. The highest BCUT2D eigenvalue weighted by atomic mass is 19.3. The number of cyclic esters (lactones) is 1. The average Bonchev–Trinajstić information content (AvgIpc) is 3.35. The van der Waals surface area contributed by atoms with E-state index in [1.807, 2.05) is 6.07 Å². The van der Waals surface area contributed by atoms with Crippen molar-refractivity contribution in [2.45, 2.75) is 63.3 Å². The van der Waals surface area contributed by atoms with Crippen LogP contribution in [0.5, 0.6) is 0 Å². The third-order valence-corrected chi connectivity index (χ3v) is 7.81. The van der Waals surface area contributed by atoms with Crippen LogP contribution in [0.15, 0.2) is 60.8 Å². The van der Waals surface area contributed by atoms with Gasteiger partial charge >= 0.3 is 6.09 Å². The van der Waals surface area contributed by atoms with Gasteiger partial charge in [0.05, 0.1) is 17.2 Å². The van der Waals surface area contributed by atoms with Crippen molar-refractivity contribution in [3.05, 3.63) is 88.9 Å². The van der Waals surface area contributed by atoms with Gasteiger partial charge in [-0.25, -0.2) is 27.8 Å². The zero-order chi connectivity index (χ0) is 32.7. The minimum atomic E-state index is -2.94. The summed E-state index contributed by atoms with van der Waals surface area (Å²) in [6.07, 6.45) is -0.842. The number of ether oxygens (including phenoxy) is 1. The molecule has 0 radical (unpaired) electrons.